The summed E-state index contributed by atoms with van der Waals surface area (Å²) in [5.41, 5.74) is 1.80. The molecule has 5 nitrogen and oxygen atoms in total. The van der Waals surface area contributed by atoms with Crippen LogP contribution in [-0.2, 0) is 13.0 Å². The van der Waals surface area contributed by atoms with Gasteiger partial charge in [0.1, 0.15) is 5.01 Å². The van der Waals surface area contributed by atoms with Crippen molar-refractivity contribution >= 4 is 27.6 Å². The van der Waals surface area contributed by atoms with Gasteiger partial charge in [-0.25, -0.2) is 4.98 Å². The van der Waals surface area contributed by atoms with Gasteiger partial charge in [-0.2, -0.15) is 9.61 Å². The number of fused-ring (bicyclic) bond motifs is 1. The predicted molar refractivity (Wildman–Crippen MR) is 106 cm³/mol. The van der Waals surface area contributed by atoms with Gasteiger partial charge in [0, 0.05) is 17.5 Å². The number of nitrogens with zero attached hydrogens (tertiary/aromatic N) is 3. The van der Waals surface area contributed by atoms with E-state index in [4.69, 9.17) is 0 Å². The van der Waals surface area contributed by atoms with Crippen molar-refractivity contribution < 1.29 is 0 Å². The van der Waals surface area contributed by atoms with Crippen LogP contribution >= 0.6 is 22.7 Å². The summed E-state index contributed by atoms with van der Waals surface area (Å²) in [6.07, 6.45) is 0.801. The van der Waals surface area contributed by atoms with Crippen molar-refractivity contribution in [2.75, 3.05) is 0 Å². The lowest BCUT2D eigenvalue weighted by Gasteiger charge is -2.17. The molecule has 0 aliphatic heterocycles. The van der Waals surface area contributed by atoms with Crippen LogP contribution < -0.4 is 10.9 Å². The molecule has 26 heavy (non-hydrogen) atoms. The molecule has 3 heterocycles. The summed E-state index contributed by atoms with van der Waals surface area (Å²) in [6, 6.07) is 16.1. The minimum Gasteiger partial charge on any atom is -0.300 e. The van der Waals surface area contributed by atoms with E-state index in [9.17, 15) is 4.79 Å². The molecule has 1 N–H and O–H groups in total. The number of thiophene rings is 1. The molecule has 132 valence electrons. The summed E-state index contributed by atoms with van der Waals surface area (Å²) >= 11 is 3.19. The lowest BCUT2D eigenvalue weighted by Crippen LogP contribution is -2.24. The molecule has 0 unspecified atom stereocenters. The van der Waals surface area contributed by atoms with Crippen LogP contribution in [0.5, 0.6) is 0 Å². The maximum absolute atomic E-state index is 12.3. The molecule has 4 aromatic rings. The van der Waals surface area contributed by atoms with Crippen molar-refractivity contribution in [1.82, 2.24) is 19.9 Å². The molecule has 1 aromatic carbocycles. The third-order valence-electron chi connectivity index (χ3n) is 4.09. The third-order valence-corrected chi connectivity index (χ3v) is 6.08. The molecule has 4 rings (SSSR count). The Kier molecular flexibility index (Phi) is 4.92. The normalized spacial score (nSPS) is 12.5. The number of hydrogen-bond acceptors (Lipinski definition) is 6. The van der Waals surface area contributed by atoms with E-state index in [1.165, 1.54) is 26.3 Å². The number of aryl methyl sites for hydroxylation is 1. The van der Waals surface area contributed by atoms with Gasteiger partial charge in [-0.1, -0.05) is 54.7 Å². The molecule has 1 atom stereocenters. The van der Waals surface area contributed by atoms with E-state index in [1.54, 1.807) is 17.4 Å². The molecule has 0 saturated carbocycles. The Morgan fingerprint density at radius 3 is 2.77 bits per heavy atom. The number of hydrogen-bond donors (Lipinski definition) is 1. The highest BCUT2D eigenvalue weighted by atomic mass is 32.1. The minimum absolute atomic E-state index is 0.0733. The van der Waals surface area contributed by atoms with E-state index in [1.807, 2.05) is 25.1 Å². The first-order chi connectivity index (χ1) is 12.7. The van der Waals surface area contributed by atoms with E-state index in [0.717, 1.165) is 17.1 Å². The molecule has 7 heteroatoms. The first-order valence-corrected chi connectivity index (χ1v) is 10.1. The molecule has 0 saturated heterocycles. The number of aromatic nitrogens is 3. The highest BCUT2D eigenvalue weighted by molar-refractivity contribution is 7.16. The van der Waals surface area contributed by atoms with Gasteiger partial charge in [0.15, 0.2) is 0 Å². The van der Waals surface area contributed by atoms with Crippen LogP contribution in [0.15, 0.2) is 58.7 Å². The zero-order chi connectivity index (χ0) is 17.9. The van der Waals surface area contributed by atoms with Crippen LogP contribution in [0.1, 0.15) is 34.1 Å². The zero-order valence-corrected chi connectivity index (χ0v) is 15.9. The van der Waals surface area contributed by atoms with Crippen molar-refractivity contribution in [2.45, 2.75) is 25.9 Å². The van der Waals surface area contributed by atoms with Gasteiger partial charge in [0.05, 0.1) is 11.7 Å². The monoisotopic (exact) mass is 382 g/mol. The second-order valence-corrected chi connectivity index (χ2v) is 7.89. The Morgan fingerprint density at radius 2 is 2.04 bits per heavy atom. The summed E-state index contributed by atoms with van der Waals surface area (Å²) in [5, 5.41) is 10.8. The zero-order valence-electron chi connectivity index (χ0n) is 14.3. The highest BCUT2D eigenvalue weighted by Gasteiger charge is 2.15. The van der Waals surface area contributed by atoms with Gasteiger partial charge in [0.2, 0.25) is 4.96 Å². The van der Waals surface area contributed by atoms with Crippen molar-refractivity contribution in [1.29, 1.82) is 0 Å². The summed E-state index contributed by atoms with van der Waals surface area (Å²) in [4.78, 5) is 18.8. The molecule has 0 bridgehead atoms. The van der Waals surface area contributed by atoms with Crippen molar-refractivity contribution in [3.05, 3.63) is 85.4 Å². The molecular weight excluding hydrogens is 364 g/mol. The van der Waals surface area contributed by atoms with E-state index >= 15 is 0 Å². The Morgan fingerprint density at radius 1 is 1.19 bits per heavy atom. The van der Waals surface area contributed by atoms with Crippen LogP contribution in [-0.4, -0.2) is 14.6 Å². The van der Waals surface area contributed by atoms with Gasteiger partial charge >= 0.3 is 0 Å². The van der Waals surface area contributed by atoms with Crippen LogP contribution in [0.4, 0.5) is 0 Å². The maximum atomic E-state index is 12.3. The topological polar surface area (TPSA) is 59.3 Å². The average Bonchev–Trinajstić information content (AvgIpc) is 3.33. The molecule has 0 aliphatic carbocycles. The van der Waals surface area contributed by atoms with Gasteiger partial charge < -0.3 is 0 Å². The highest BCUT2D eigenvalue weighted by Crippen LogP contribution is 2.26. The molecular formula is C19H18N4OS2. The molecule has 0 spiro atoms. The SMILES string of the molecule is CCc1nn2c(=O)cc(CN[C@H](c3ccccc3)c3cccs3)nc2s1. The summed E-state index contributed by atoms with van der Waals surface area (Å²) < 4.78 is 1.39. The maximum Gasteiger partial charge on any atom is 0.275 e. The summed E-state index contributed by atoms with van der Waals surface area (Å²) in [7, 11) is 0. The standard InChI is InChI=1S/C19H18N4OS2/c1-2-16-22-23-17(24)11-14(21-19(23)26-16)12-20-18(15-9-6-10-25-15)13-7-4-3-5-8-13/h3-11,18,20H,2,12H2,1H3/t18-/m1/s1. The second-order valence-electron chi connectivity index (χ2n) is 5.87. The Balaban J connectivity index is 1.62. The smallest absolute Gasteiger partial charge is 0.275 e. The summed E-state index contributed by atoms with van der Waals surface area (Å²) in [6.45, 7) is 2.54. The van der Waals surface area contributed by atoms with Crippen LogP contribution in [0, 0.1) is 0 Å². The fourth-order valence-corrected chi connectivity index (χ4v) is 4.50. The largest absolute Gasteiger partial charge is 0.300 e. The van der Waals surface area contributed by atoms with Crippen molar-refractivity contribution in [2.24, 2.45) is 0 Å². The van der Waals surface area contributed by atoms with Crippen LogP contribution in [0.25, 0.3) is 4.96 Å². The van der Waals surface area contributed by atoms with Crippen LogP contribution in [0.3, 0.4) is 0 Å². The first-order valence-electron chi connectivity index (χ1n) is 8.45. The summed E-state index contributed by atoms with van der Waals surface area (Å²) in [5.74, 6) is 0. The molecule has 0 fully saturated rings. The fourth-order valence-electron chi connectivity index (χ4n) is 2.82. The van der Waals surface area contributed by atoms with E-state index in [0.29, 0.717) is 11.5 Å². The quantitative estimate of drug-likeness (QED) is 0.553. The molecule has 3 aromatic heterocycles. The molecule has 0 radical (unpaired) electrons. The first kappa shape index (κ1) is 17.1. The lowest BCUT2D eigenvalue weighted by atomic mass is 10.1. The number of rotatable bonds is 6. The van der Waals surface area contributed by atoms with Crippen molar-refractivity contribution in [3.63, 3.8) is 0 Å². The number of benzene rings is 1. The lowest BCUT2D eigenvalue weighted by molar-refractivity contribution is 0.603. The Bertz CT molecular complexity index is 1050. The molecule has 0 amide bonds. The molecule has 0 aliphatic rings. The van der Waals surface area contributed by atoms with Crippen molar-refractivity contribution in [3.8, 4) is 0 Å². The average molecular weight is 383 g/mol. The van der Waals surface area contributed by atoms with Gasteiger partial charge in [-0.05, 0) is 23.4 Å². The number of nitrogens with one attached hydrogen (secondary N) is 1. The second kappa shape index (κ2) is 7.49. The Hall–Kier alpha value is -2.35. The minimum atomic E-state index is -0.130. The van der Waals surface area contributed by atoms with Gasteiger partial charge in [-0.3, -0.25) is 10.1 Å². The van der Waals surface area contributed by atoms with Crippen LogP contribution in [0.2, 0.25) is 0 Å². The van der Waals surface area contributed by atoms with E-state index in [-0.39, 0.29) is 11.6 Å². The fraction of sp³-hybridized carbons (Fsp3) is 0.211. The van der Waals surface area contributed by atoms with E-state index in [2.05, 4.69) is 45.0 Å². The predicted octanol–water partition coefficient (Wildman–Crippen LogP) is 3.65. The van der Waals surface area contributed by atoms with Gasteiger partial charge in [-0.15, -0.1) is 11.3 Å². The van der Waals surface area contributed by atoms with E-state index < -0.39 is 0 Å². The third kappa shape index (κ3) is 3.46. The Labute approximate surface area is 159 Å². The van der Waals surface area contributed by atoms with Gasteiger partial charge in [0.25, 0.3) is 5.56 Å².